The molecule has 0 aliphatic heterocycles. The molecule has 25 heavy (non-hydrogen) atoms. The van der Waals surface area contributed by atoms with E-state index in [2.05, 4.69) is 23.1 Å². The number of carbonyl (C=O) groups is 1. The third-order valence-corrected chi connectivity index (χ3v) is 6.23. The van der Waals surface area contributed by atoms with Gasteiger partial charge in [-0.25, -0.2) is 0 Å². The molecule has 2 fully saturated rings. The lowest BCUT2D eigenvalue weighted by atomic mass is 9.72. The third-order valence-electron chi connectivity index (χ3n) is 6.23. The van der Waals surface area contributed by atoms with Gasteiger partial charge < -0.3 is 10.0 Å². The Morgan fingerprint density at radius 2 is 1.92 bits per heavy atom. The van der Waals surface area contributed by atoms with Crippen LogP contribution in [0.25, 0.3) is 0 Å². The summed E-state index contributed by atoms with van der Waals surface area (Å²) in [4.78, 5) is 15.5. The third kappa shape index (κ3) is 3.67. The average Bonchev–Trinajstić information content (AvgIpc) is 3.46. The molecule has 0 radical (unpaired) electrons. The standard InChI is InChI=1S/C22H29NO2/c24-13-12-17-5-1-2-6-19(17)15-23(20-9-10-20)22(25)21-11-8-16-4-3-7-18(21)14-16/h1-2,5-6,11,16,18,20,24H,3-4,7-10,12-15H2. The van der Waals surface area contributed by atoms with Crippen LogP contribution in [0.1, 0.15) is 56.1 Å². The van der Waals surface area contributed by atoms with Crippen LogP contribution in [-0.2, 0) is 17.8 Å². The molecule has 3 nitrogen and oxygen atoms in total. The number of allylic oxidation sites excluding steroid dienone is 1. The van der Waals surface area contributed by atoms with Crippen LogP contribution in [0.5, 0.6) is 0 Å². The van der Waals surface area contributed by atoms with Gasteiger partial charge in [0.2, 0.25) is 5.91 Å². The van der Waals surface area contributed by atoms with Crippen molar-refractivity contribution in [3.8, 4) is 0 Å². The minimum atomic E-state index is 0.156. The fourth-order valence-corrected chi connectivity index (χ4v) is 4.69. The summed E-state index contributed by atoms with van der Waals surface area (Å²) in [5.74, 6) is 1.59. The van der Waals surface area contributed by atoms with Gasteiger partial charge in [-0.05, 0) is 61.5 Å². The van der Waals surface area contributed by atoms with Crippen molar-refractivity contribution in [1.29, 1.82) is 0 Å². The number of hydrogen-bond acceptors (Lipinski definition) is 2. The maximum absolute atomic E-state index is 13.4. The fourth-order valence-electron chi connectivity index (χ4n) is 4.69. The molecular weight excluding hydrogens is 310 g/mol. The number of aliphatic hydroxyl groups is 1. The first-order valence-electron chi connectivity index (χ1n) is 9.95. The highest BCUT2D eigenvalue weighted by molar-refractivity contribution is 5.94. The van der Waals surface area contributed by atoms with Gasteiger partial charge >= 0.3 is 0 Å². The lowest BCUT2D eigenvalue weighted by Gasteiger charge is -2.36. The quantitative estimate of drug-likeness (QED) is 0.855. The number of fused-ring (bicyclic) bond motifs is 2. The van der Waals surface area contributed by atoms with E-state index >= 15 is 0 Å². The Labute approximate surface area is 150 Å². The second-order valence-corrected chi connectivity index (χ2v) is 8.03. The lowest BCUT2D eigenvalue weighted by Crippen LogP contribution is -2.38. The van der Waals surface area contributed by atoms with E-state index in [4.69, 9.17) is 0 Å². The van der Waals surface area contributed by atoms with Gasteiger partial charge in [-0.3, -0.25) is 4.79 Å². The summed E-state index contributed by atoms with van der Waals surface area (Å²) in [7, 11) is 0. The number of benzene rings is 1. The van der Waals surface area contributed by atoms with Crippen molar-refractivity contribution in [2.24, 2.45) is 11.8 Å². The molecule has 1 N–H and O–H groups in total. The first-order chi connectivity index (χ1) is 12.3. The first-order valence-corrected chi connectivity index (χ1v) is 9.95. The smallest absolute Gasteiger partial charge is 0.250 e. The van der Waals surface area contributed by atoms with E-state index in [1.54, 1.807) is 0 Å². The summed E-state index contributed by atoms with van der Waals surface area (Å²) in [6, 6.07) is 8.66. The van der Waals surface area contributed by atoms with Gasteiger partial charge in [-0.2, -0.15) is 0 Å². The predicted molar refractivity (Wildman–Crippen MR) is 99.0 cm³/mol. The zero-order valence-electron chi connectivity index (χ0n) is 15.0. The van der Waals surface area contributed by atoms with E-state index in [1.807, 2.05) is 12.1 Å². The number of carbonyl (C=O) groups excluding carboxylic acids is 1. The molecule has 1 aromatic rings. The Bertz CT molecular complexity index is 662. The van der Waals surface area contributed by atoms with Crippen molar-refractivity contribution in [2.75, 3.05) is 6.61 Å². The summed E-state index contributed by atoms with van der Waals surface area (Å²) < 4.78 is 0. The second-order valence-electron chi connectivity index (χ2n) is 8.03. The topological polar surface area (TPSA) is 40.5 Å². The Morgan fingerprint density at radius 3 is 2.68 bits per heavy atom. The van der Waals surface area contributed by atoms with Gasteiger partial charge in [0.15, 0.2) is 0 Å². The number of rotatable bonds is 6. The maximum Gasteiger partial charge on any atom is 0.250 e. The van der Waals surface area contributed by atoms with E-state index in [0.29, 0.717) is 24.9 Å². The number of aliphatic hydroxyl groups excluding tert-OH is 1. The van der Waals surface area contributed by atoms with Gasteiger partial charge in [0.25, 0.3) is 0 Å². The van der Waals surface area contributed by atoms with Crippen LogP contribution in [-0.4, -0.2) is 28.6 Å². The second kappa shape index (κ2) is 7.33. The first kappa shape index (κ1) is 16.8. The van der Waals surface area contributed by atoms with Crippen LogP contribution >= 0.6 is 0 Å². The highest BCUT2D eigenvalue weighted by Gasteiger charge is 2.38. The average molecular weight is 339 g/mol. The predicted octanol–water partition coefficient (Wildman–Crippen LogP) is 3.85. The molecule has 0 spiro atoms. The van der Waals surface area contributed by atoms with Crippen LogP contribution < -0.4 is 0 Å². The molecule has 0 heterocycles. The molecule has 1 aromatic carbocycles. The molecule has 2 atom stereocenters. The molecular formula is C22H29NO2. The van der Waals surface area contributed by atoms with Crippen molar-refractivity contribution in [1.82, 2.24) is 4.90 Å². The maximum atomic E-state index is 13.4. The highest BCUT2D eigenvalue weighted by Crippen LogP contribution is 2.41. The molecule has 2 bridgehead atoms. The monoisotopic (exact) mass is 339 g/mol. The van der Waals surface area contributed by atoms with E-state index in [-0.39, 0.29) is 12.5 Å². The van der Waals surface area contributed by atoms with E-state index < -0.39 is 0 Å². The molecule has 0 saturated heterocycles. The molecule has 3 heteroatoms. The van der Waals surface area contributed by atoms with E-state index in [9.17, 15) is 9.90 Å². The van der Waals surface area contributed by atoms with Crippen LogP contribution in [0.4, 0.5) is 0 Å². The van der Waals surface area contributed by atoms with E-state index in [1.165, 1.54) is 36.8 Å². The zero-order chi connectivity index (χ0) is 17.2. The van der Waals surface area contributed by atoms with Crippen LogP contribution in [0.2, 0.25) is 0 Å². The molecule has 3 aliphatic carbocycles. The fraction of sp³-hybridized carbons (Fsp3) is 0.591. The Hall–Kier alpha value is -1.61. The van der Waals surface area contributed by atoms with E-state index in [0.717, 1.165) is 30.8 Å². The van der Waals surface area contributed by atoms with Crippen molar-refractivity contribution in [3.05, 3.63) is 47.0 Å². The molecule has 4 rings (SSSR count). The normalized spacial score (nSPS) is 25.4. The summed E-state index contributed by atoms with van der Waals surface area (Å²) in [6.07, 6.45) is 11.3. The summed E-state index contributed by atoms with van der Waals surface area (Å²) in [5, 5.41) is 9.32. The number of nitrogens with zero attached hydrogens (tertiary/aromatic N) is 1. The molecule has 2 unspecified atom stereocenters. The Kier molecular flexibility index (Phi) is 4.93. The van der Waals surface area contributed by atoms with Crippen LogP contribution in [0.3, 0.4) is 0 Å². The summed E-state index contributed by atoms with van der Waals surface area (Å²) in [6.45, 7) is 0.843. The minimum Gasteiger partial charge on any atom is -0.396 e. The van der Waals surface area contributed by atoms with Gasteiger partial charge in [0.05, 0.1) is 0 Å². The van der Waals surface area contributed by atoms with Gasteiger partial charge in [-0.1, -0.05) is 43.2 Å². The molecule has 1 amide bonds. The van der Waals surface area contributed by atoms with Crippen molar-refractivity contribution in [2.45, 2.75) is 64.0 Å². The summed E-state index contributed by atoms with van der Waals surface area (Å²) in [5.41, 5.74) is 3.45. The largest absolute Gasteiger partial charge is 0.396 e. The Morgan fingerprint density at radius 1 is 1.12 bits per heavy atom. The SMILES string of the molecule is O=C(C1=CCC2CCCC1C2)N(Cc1ccccc1CCO)C1CC1. The Balaban J connectivity index is 1.55. The zero-order valence-corrected chi connectivity index (χ0v) is 15.0. The molecule has 134 valence electrons. The molecule has 0 aromatic heterocycles. The van der Waals surface area contributed by atoms with Crippen molar-refractivity contribution >= 4 is 5.91 Å². The number of amides is 1. The van der Waals surface area contributed by atoms with Crippen molar-refractivity contribution < 1.29 is 9.90 Å². The van der Waals surface area contributed by atoms with Gasteiger partial charge in [0.1, 0.15) is 0 Å². The minimum absolute atomic E-state index is 0.156. The molecule has 2 saturated carbocycles. The van der Waals surface area contributed by atoms with Gasteiger partial charge in [-0.15, -0.1) is 0 Å². The van der Waals surface area contributed by atoms with Gasteiger partial charge in [0, 0.05) is 24.8 Å². The van der Waals surface area contributed by atoms with Crippen molar-refractivity contribution in [3.63, 3.8) is 0 Å². The number of hydrogen-bond donors (Lipinski definition) is 1. The van der Waals surface area contributed by atoms with Crippen LogP contribution in [0, 0.1) is 11.8 Å². The van der Waals surface area contributed by atoms with Crippen LogP contribution in [0.15, 0.2) is 35.9 Å². The molecule has 3 aliphatic rings. The lowest BCUT2D eigenvalue weighted by molar-refractivity contribution is -0.129. The summed E-state index contributed by atoms with van der Waals surface area (Å²) >= 11 is 0. The highest BCUT2D eigenvalue weighted by atomic mass is 16.3.